The van der Waals surface area contributed by atoms with Crippen molar-refractivity contribution < 1.29 is 4.79 Å². The van der Waals surface area contributed by atoms with Crippen LogP contribution in [0.3, 0.4) is 0 Å². The third-order valence-corrected chi connectivity index (χ3v) is 4.74. The molecule has 1 amide bonds. The standard InChI is InChI=1S/C20H15Br2NO/c21-17-9-5-14(6-10-17)13-16-3-1-2-4-19(16)23-20(24)15-7-11-18(22)12-8-15/h1-12H,13H2,(H,23,24). The summed E-state index contributed by atoms with van der Waals surface area (Å²) in [6.07, 6.45) is 0.768. The summed E-state index contributed by atoms with van der Waals surface area (Å²) in [6, 6.07) is 23.4. The molecule has 120 valence electrons. The van der Waals surface area contributed by atoms with Gasteiger partial charge in [-0.05, 0) is 60.0 Å². The van der Waals surface area contributed by atoms with Gasteiger partial charge >= 0.3 is 0 Å². The van der Waals surface area contributed by atoms with E-state index < -0.39 is 0 Å². The molecule has 0 aromatic heterocycles. The topological polar surface area (TPSA) is 29.1 Å². The summed E-state index contributed by atoms with van der Waals surface area (Å²) in [4.78, 5) is 12.4. The van der Waals surface area contributed by atoms with Gasteiger partial charge in [-0.1, -0.05) is 62.2 Å². The Morgan fingerprint density at radius 2 is 1.38 bits per heavy atom. The van der Waals surface area contributed by atoms with Crippen LogP contribution in [0.5, 0.6) is 0 Å². The Labute approximate surface area is 158 Å². The van der Waals surface area contributed by atoms with Crippen molar-refractivity contribution in [1.29, 1.82) is 0 Å². The lowest BCUT2D eigenvalue weighted by molar-refractivity contribution is 0.102. The van der Waals surface area contributed by atoms with Crippen LogP contribution < -0.4 is 5.32 Å². The molecule has 3 aromatic carbocycles. The van der Waals surface area contributed by atoms with Crippen molar-refractivity contribution in [3.8, 4) is 0 Å². The van der Waals surface area contributed by atoms with Crippen LogP contribution in [0.25, 0.3) is 0 Å². The van der Waals surface area contributed by atoms with Crippen LogP contribution in [0, 0.1) is 0 Å². The van der Waals surface area contributed by atoms with Crippen molar-refractivity contribution in [2.45, 2.75) is 6.42 Å². The summed E-state index contributed by atoms with van der Waals surface area (Å²) in [5, 5.41) is 3.01. The van der Waals surface area contributed by atoms with Gasteiger partial charge in [0.25, 0.3) is 5.91 Å². The Kier molecular flexibility index (Phi) is 5.48. The number of rotatable bonds is 4. The summed E-state index contributed by atoms with van der Waals surface area (Å²) in [5.74, 6) is -0.106. The molecule has 1 N–H and O–H groups in total. The van der Waals surface area contributed by atoms with Crippen LogP contribution in [0.1, 0.15) is 21.5 Å². The Morgan fingerprint density at radius 3 is 2.04 bits per heavy atom. The molecule has 0 saturated heterocycles. The van der Waals surface area contributed by atoms with Crippen LogP contribution in [0.15, 0.2) is 81.7 Å². The molecule has 0 fully saturated rings. The number of nitrogens with one attached hydrogen (secondary N) is 1. The summed E-state index contributed by atoms with van der Waals surface area (Å²) in [7, 11) is 0. The van der Waals surface area contributed by atoms with Gasteiger partial charge in [0.15, 0.2) is 0 Å². The van der Waals surface area contributed by atoms with Crippen molar-refractivity contribution in [3.05, 3.63) is 98.4 Å². The number of benzene rings is 3. The molecule has 0 bridgehead atoms. The molecule has 0 aliphatic rings. The van der Waals surface area contributed by atoms with Crippen LogP contribution >= 0.6 is 31.9 Å². The molecule has 2 nitrogen and oxygen atoms in total. The average Bonchev–Trinajstić information content (AvgIpc) is 2.59. The zero-order valence-electron chi connectivity index (χ0n) is 12.8. The number of hydrogen-bond donors (Lipinski definition) is 1. The first-order valence-corrected chi connectivity index (χ1v) is 9.10. The number of anilines is 1. The second-order valence-corrected chi connectivity index (χ2v) is 7.25. The molecule has 0 aliphatic carbocycles. The van der Waals surface area contributed by atoms with E-state index in [-0.39, 0.29) is 5.91 Å². The van der Waals surface area contributed by atoms with Gasteiger partial charge in [0.2, 0.25) is 0 Å². The van der Waals surface area contributed by atoms with Crippen molar-refractivity contribution in [3.63, 3.8) is 0 Å². The number of carbonyl (C=O) groups excluding carboxylic acids is 1. The lowest BCUT2D eigenvalue weighted by Crippen LogP contribution is -2.13. The highest BCUT2D eigenvalue weighted by molar-refractivity contribution is 9.10. The Balaban J connectivity index is 1.79. The van der Waals surface area contributed by atoms with Crippen molar-refractivity contribution in [2.75, 3.05) is 5.32 Å². The molecule has 4 heteroatoms. The zero-order valence-corrected chi connectivity index (χ0v) is 16.0. The van der Waals surface area contributed by atoms with E-state index in [0.717, 1.165) is 26.6 Å². The number of amides is 1. The summed E-state index contributed by atoms with van der Waals surface area (Å²) >= 11 is 6.83. The van der Waals surface area contributed by atoms with Crippen LogP contribution in [-0.2, 0) is 6.42 Å². The lowest BCUT2D eigenvalue weighted by atomic mass is 10.0. The second kappa shape index (κ2) is 7.77. The molecule has 0 aliphatic heterocycles. The summed E-state index contributed by atoms with van der Waals surface area (Å²) < 4.78 is 2.01. The normalized spacial score (nSPS) is 10.4. The van der Waals surface area contributed by atoms with Crippen LogP contribution in [-0.4, -0.2) is 5.91 Å². The molecule has 3 rings (SSSR count). The predicted molar refractivity (Wildman–Crippen MR) is 105 cm³/mol. The average molecular weight is 445 g/mol. The summed E-state index contributed by atoms with van der Waals surface area (Å²) in [5.41, 5.74) is 3.76. The van der Waals surface area contributed by atoms with Gasteiger partial charge in [0.1, 0.15) is 0 Å². The molecular formula is C20H15Br2NO. The number of hydrogen-bond acceptors (Lipinski definition) is 1. The van der Waals surface area contributed by atoms with Gasteiger partial charge in [-0.2, -0.15) is 0 Å². The third-order valence-electron chi connectivity index (χ3n) is 3.68. The molecule has 0 spiro atoms. The molecule has 0 unspecified atom stereocenters. The molecular weight excluding hydrogens is 430 g/mol. The SMILES string of the molecule is O=C(Nc1ccccc1Cc1ccc(Br)cc1)c1ccc(Br)cc1. The fraction of sp³-hybridized carbons (Fsp3) is 0.0500. The highest BCUT2D eigenvalue weighted by atomic mass is 79.9. The fourth-order valence-corrected chi connectivity index (χ4v) is 2.94. The Bertz CT molecular complexity index is 842. The third kappa shape index (κ3) is 4.34. The first-order valence-electron chi connectivity index (χ1n) is 7.51. The van der Waals surface area contributed by atoms with Gasteiger partial charge < -0.3 is 5.32 Å². The van der Waals surface area contributed by atoms with Crippen LogP contribution in [0.4, 0.5) is 5.69 Å². The lowest BCUT2D eigenvalue weighted by Gasteiger charge is -2.11. The first kappa shape index (κ1) is 16.9. The molecule has 0 heterocycles. The summed E-state index contributed by atoms with van der Waals surface area (Å²) in [6.45, 7) is 0. The zero-order chi connectivity index (χ0) is 16.9. The monoisotopic (exact) mass is 443 g/mol. The van der Waals surface area contributed by atoms with E-state index in [1.54, 1.807) is 12.1 Å². The Morgan fingerprint density at radius 1 is 0.792 bits per heavy atom. The van der Waals surface area contributed by atoms with E-state index >= 15 is 0 Å². The quantitative estimate of drug-likeness (QED) is 0.520. The van der Waals surface area contributed by atoms with E-state index in [4.69, 9.17) is 0 Å². The smallest absolute Gasteiger partial charge is 0.255 e. The molecule has 0 saturated carbocycles. The highest BCUT2D eigenvalue weighted by Crippen LogP contribution is 2.21. The van der Waals surface area contributed by atoms with E-state index in [9.17, 15) is 4.79 Å². The largest absolute Gasteiger partial charge is 0.322 e. The van der Waals surface area contributed by atoms with E-state index in [1.807, 2.05) is 48.5 Å². The fourth-order valence-electron chi connectivity index (χ4n) is 2.41. The minimum absolute atomic E-state index is 0.106. The molecule has 3 aromatic rings. The minimum Gasteiger partial charge on any atom is -0.322 e. The Hall–Kier alpha value is -1.91. The van der Waals surface area contributed by atoms with E-state index in [2.05, 4.69) is 49.3 Å². The van der Waals surface area contributed by atoms with Gasteiger partial charge in [0.05, 0.1) is 0 Å². The predicted octanol–water partition coefficient (Wildman–Crippen LogP) is 6.05. The number of carbonyl (C=O) groups is 1. The first-order chi connectivity index (χ1) is 11.6. The van der Waals surface area contributed by atoms with Gasteiger partial charge in [0, 0.05) is 20.2 Å². The highest BCUT2D eigenvalue weighted by Gasteiger charge is 2.09. The van der Waals surface area contributed by atoms with Crippen LogP contribution in [0.2, 0.25) is 0 Å². The maximum absolute atomic E-state index is 12.4. The van der Waals surface area contributed by atoms with Crippen molar-refractivity contribution >= 4 is 43.5 Å². The molecule has 0 atom stereocenters. The second-order valence-electron chi connectivity index (χ2n) is 5.42. The van der Waals surface area contributed by atoms with Gasteiger partial charge in [-0.25, -0.2) is 0 Å². The number of para-hydroxylation sites is 1. The van der Waals surface area contributed by atoms with Crippen molar-refractivity contribution in [2.24, 2.45) is 0 Å². The van der Waals surface area contributed by atoms with Crippen molar-refractivity contribution in [1.82, 2.24) is 0 Å². The minimum atomic E-state index is -0.106. The molecule has 24 heavy (non-hydrogen) atoms. The molecule has 0 radical (unpaired) electrons. The van der Waals surface area contributed by atoms with E-state index in [1.165, 1.54) is 5.56 Å². The number of halogens is 2. The van der Waals surface area contributed by atoms with Gasteiger partial charge in [-0.15, -0.1) is 0 Å². The maximum Gasteiger partial charge on any atom is 0.255 e. The van der Waals surface area contributed by atoms with Gasteiger partial charge in [-0.3, -0.25) is 4.79 Å². The maximum atomic E-state index is 12.4. The van der Waals surface area contributed by atoms with E-state index in [0.29, 0.717) is 5.56 Å².